The third-order valence-electron chi connectivity index (χ3n) is 3.16. The largest absolute Gasteiger partial charge is 0.385 e. The van der Waals surface area contributed by atoms with Crippen molar-refractivity contribution in [3.8, 4) is 0 Å². The molecule has 0 bridgehead atoms. The second-order valence-electron chi connectivity index (χ2n) is 5.68. The van der Waals surface area contributed by atoms with Gasteiger partial charge < -0.3 is 10.4 Å². The van der Waals surface area contributed by atoms with Gasteiger partial charge in [-0.25, -0.2) is 8.78 Å². The minimum atomic E-state index is -1.51. The maximum Gasteiger partial charge on any atom is 0.135 e. The Kier molecular flexibility index (Phi) is 5.44. The van der Waals surface area contributed by atoms with E-state index in [1.54, 1.807) is 6.92 Å². The second-order valence-corrected chi connectivity index (χ2v) is 5.68. The lowest BCUT2D eigenvalue weighted by Gasteiger charge is -2.26. The molecule has 0 saturated heterocycles. The molecular formula is C15H23F2NO. The van der Waals surface area contributed by atoms with Gasteiger partial charge in [0.2, 0.25) is 0 Å². The third-order valence-corrected chi connectivity index (χ3v) is 3.16. The highest BCUT2D eigenvalue weighted by molar-refractivity contribution is 5.30. The molecule has 0 fully saturated rings. The predicted octanol–water partition coefficient (Wildman–Crippen LogP) is 3.12. The van der Waals surface area contributed by atoms with Gasteiger partial charge in [0, 0.05) is 0 Å². The molecule has 0 saturated carbocycles. The van der Waals surface area contributed by atoms with Crippen molar-refractivity contribution in [3.05, 3.63) is 34.9 Å². The summed E-state index contributed by atoms with van der Waals surface area (Å²) in [5, 5.41) is 13.5. The van der Waals surface area contributed by atoms with E-state index in [1.165, 1.54) is 19.1 Å². The highest BCUT2D eigenvalue weighted by atomic mass is 19.1. The van der Waals surface area contributed by atoms with E-state index in [9.17, 15) is 13.9 Å². The summed E-state index contributed by atoms with van der Waals surface area (Å²) < 4.78 is 27.7. The van der Waals surface area contributed by atoms with E-state index in [-0.39, 0.29) is 12.0 Å². The summed E-state index contributed by atoms with van der Waals surface area (Å²) in [6.45, 7) is 8.49. The van der Waals surface area contributed by atoms with Crippen LogP contribution >= 0.6 is 0 Å². The summed E-state index contributed by atoms with van der Waals surface area (Å²) >= 11 is 0. The molecule has 1 aromatic carbocycles. The molecule has 0 spiro atoms. The Morgan fingerprint density at radius 1 is 1.32 bits per heavy atom. The zero-order valence-corrected chi connectivity index (χ0v) is 12.1. The van der Waals surface area contributed by atoms with Crippen molar-refractivity contribution in [1.29, 1.82) is 0 Å². The van der Waals surface area contributed by atoms with Crippen LogP contribution in [0, 0.1) is 24.5 Å². The van der Waals surface area contributed by atoms with Crippen LogP contribution in [0.4, 0.5) is 8.78 Å². The Hall–Kier alpha value is -1.00. The van der Waals surface area contributed by atoms with Crippen LogP contribution in [0.1, 0.15) is 38.3 Å². The van der Waals surface area contributed by atoms with Crippen LogP contribution in [0.3, 0.4) is 0 Å². The lowest BCUT2D eigenvalue weighted by molar-refractivity contribution is 0.0401. The lowest BCUT2D eigenvalue weighted by Crippen LogP contribution is -2.31. The first-order valence-electron chi connectivity index (χ1n) is 6.64. The van der Waals surface area contributed by atoms with Gasteiger partial charge in [-0.2, -0.15) is 0 Å². The van der Waals surface area contributed by atoms with E-state index in [0.29, 0.717) is 18.0 Å². The Bertz CT molecular complexity index is 430. The number of halogens is 2. The van der Waals surface area contributed by atoms with Gasteiger partial charge in [-0.3, -0.25) is 0 Å². The van der Waals surface area contributed by atoms with E-state index < -0.39 is 17.2 Å². The smallest absolute Gasteiger partial charge is 0.135 e. The van der Waals surface area contributed by atoms with Gasteiger partial charge in [0.15, 0.2) is 0 Å². The molecule has 0 heterocycles. The molecule has 4 heteroatoms. The monoisotopic (exact) mass is 271 g/mol. The van der Waals surface area contributed by atoms with Crippen molar-refractivity contribution in [2.45, 2.75) is 39.7 Å². The van der Waals surface area contributed by atoms with Crippen molar-refractivity contribution in [2.24, 2.45) is 5.92 Å². The minimum Gasteiger partial charge on any atom is -0.385 e. The van der Waals surface area contributed by atoms with Crippen LogP contribution in [0.25, 0.3) is 0 Å². The Labute approximate surface area is 113 Å². The number of nitrogens with one attached hydrogen (secondary N) is 1. The van der Waals surface area contributed by atoms with Gasteiger partial charge >= 0.3 is 0 Å². The fraction of sp³-hybridized carbons (Fsp3) is 0.600. The van der Waals surface area contributed by atoms with Gasteiger partial charge in [0.1, 0.15) is 11.6 Å². The average Bonchev–Trinajstić information content (AvgIpc) is 2.29. The Balaban J connectivity index is 2.79. The van der Waals surface area contributed by atoms with Crippen molar-refractivity contribution >= 4 is 0 Å². The molecule has 1 aromatic rings. The van der Waals surface area contributed by atoms with Crippen molar-refractivity contribution in [1.82, 2.24) is 5.32 Å². The molecule has 0 aliphatic rings. The molecule has 108 valence electrons. The normalized spacial score (nSPS) is 14.7. The fourth-order valence-electron chi connectivity index (χ4n) is 2.00. The van der Waals surface area contributed by atoms with Crippen LogP contribution < -0.4 is 5.32 Å². The molecule has 0 radical (unpaired) electrons. The SMILES string of the molecule is Cc1ccc(F)c(C(C)(O)CCNCC(C)C)c1F. The number of hydrogen-bond acceptors (Lipinski definition) is 2. The maximum atomic E-state index is 14.0. The number of aryl methyl sites for hydroxylation is 1. The zero-order chi connectivity index (χ0) is 14.6. The van der Waals surface area contributed by atoms with E-state index >= 15 is 0 Å². The summed E-state index contributed by atoms with van der Waals surface area (Å²) in [4.78, 5) is 0. The van der Waals surface area contributed by atoms with E-state index in [4.69, 9.17) is 0 Å². The number of rotatable bonds is 6. The first kappa shape index (κ1) is 16.1. The van der Waals surface area contributed by atoms with Crippen LogP contribution in [0.5, 0.6) is 0 Å². The molecule has 1 atom stereocenters. The summed E-state index contributed by atoms with van der Waals surface area (Å²) in [6.07, 6.45) is 0.261. The molecule has 0 amide bonds. The van der Waals surface area contributed by atoms with Gasteiger partial charge in [-0.15, -0.1) is 0 Å². The van der Waals surface area contributed by atoms with Crippen LogP contribution in [0.2, 0.25) is 0 Å². The molecule has 0 aliphatic heterocycles. The van der Waals surface area contributed by atoms with Crippen LogP contribution in [-0.2, 0) is 5.60 Å². The van der Waals surface area contributed by atoms with Gasteiger partial charge in [-0.05, 0) is 50.9 Å². The highest BCUT2D eigenvalue weighted by Gasteiger charge is 2.30. The van der Waals surface area contributed by atoms with E-state index in [1.807, 2.05) is 0 Å². The summed E-state index contributed by atoms with van der Waals surface area (Å²) in [7, 11) is 0. The molecule has 1 rings (SSSR count). The standard InChI is InChI=1S/C15H23F2NO/c1-10(2)9-18-8-7-15(4,19)13-12(16)6-5-11(3)14(13)17/h5-6,10,18-19H,7-9H2,1-4H3. The van der Waals surface area contributed by atoms with Gasteiger partial charge in [0.25, 0.3) is 0 Å². The third kappa shape index (κ3) is 4.25. The quantitative estimate of drug-likeness (QED) is 0.779. The topological polar surface area (TPSA) is 32.3 Å². The first-order valence-corrected chi connectivity index (χ1v) is 6.64. The summed E-state index contributed by atoms with van der Waals surface area (Å²) in [5.74, 6) is -0.858. The second kappa shape index (κ2) is 6.44. The van der Waals surface area contributed by atoms with E-state index in [2.05, 4.69) is 19.2 Å². The van der Waals surface area contributed by atoms with Gasteiger partial charge in [-0.1, -0.05) is 19.9 Å². The number of benzene rings is 1. The maximum absolute atomic E-state index is 14.0. The fourth-order valence-corrected chi connectivity index (χ4v) is 2.00. The number of aliphatic hydroxyl groups is 1. The lowest BCUT2D eigenvalue weighted by atomic mass is 9.90. The van der Waals surface area contributed by atoms with Crippen molar-refractivity contribution in [2.75, 3.05) is 13.1 Å². The van der Waals surface area contributed by atoms with Crippen LogP contribution in [0.15, 0.2) is 12.1 Å². The molecule has 2 nitrogen and oxygen atoms in total. The molecule has 0 aliphatic carbocycles. The Morgan fingerprint density at radius 3 is 2.53 bits per heavy atom. The zero-order valence-electron chi connectivity index (χ0n) is 12.1. The Morgan fingerprint density at radius 2 is 1.95 bits per heavy atom. The molecular weight excluding hydrogens is 248 g/mol. The average molecular weight is 271 g/mol. The molecule has 19 heavy (non-hydrogen) atoms. The number of hydrogen-bond donors (Lipinski definition) is 2. The molecule has 1 unspecified atom stereocenters. The van der Waals surface area contributed by atoms with Crippen molar-refractivity contribution in [3.63, 3.8) is 0 Å². The first-order chi connectivity index (χ1) is 8.75. The van der Waals surface area contributed by atoms with Crippen LogP contribution in [-0.4, -0.2) is 18.2 Å². The molecule has 0 aromatic heterocycles. The van der Waals surface area contributed by atoms with Crippen molar-refractivity contribution < 1.29 is 13.9 Å². The molecule has 2 N–H and O–H groups in total. The minimum absolute atomic E-state index is 0.237. The highest BCUT2D eigenvalue weighted by Crippen LogP contribution is 2.30. The summed E-state index contributed by atoms with van der Waals surface area (Å²) in [5.41, 5.74) is -1.41. The van der Waals surface area contributed by atoms with Gasteiger partial charge in [0.05, 0.1) is 11.2 Å². The van der Waals surface area contributed by atoms with E-state index in [0.717, 1.165) is 6.54 Å². The predicted molar refractivity (Wildman–Crippen MR) is 73.0 cm³/mol. The summed E-state index contributed by atoms with van der Waals surface area (Å²) in [6, 6.07) is 2.57.